The molecule has 0 saturated carbocycles. The van der Waals surface area contributed by atoms with E-state index in [1.807, 2.05) is 19.1 Å². The maximum absolute atomic E-state index is 9.03. The molecular weight excluding hydrogens is 186 g/mol. The molecule has 2 nitrogen and oxygen atoms in total. The van der Waals surface area contributed by atoms with Crippen LogP contribution in [0.4, 0.5) is 0 Å². The van der Waals surface area contributed by atoms with Crippen molar-refractivity contribution in [3.05, 3.63) is 29.8 Å². The van der Waals surface area contributed by atoms with E-state index < -0.39 is 0 Å². The summed E-state index contributed by atoms with van der Waals surface area (Å²) in [7, 11) is 0. The number of hydrogen-bond donors (Lipinski definition) is 2. The SMILES string of the molecule is CC(Cl)CNCc1ccc(O)cc1. The summed E-state index contributed by atoms with van der Waals surface area (Å²) in [5, 5.41) is 12.4. The fraction of sp³-hybridized carbons (Fsp3) is 0.400. The highest BCUT2D eigenvalue weighted by atomic mass is 35.5. The zero-order valence-corrected chi connectivity index (χ0v) is 8.38. The second kappa shape index (κ2) is 5.10. The molecule has 0 radical (unpaired) electrons. The highest BCUT2D eigenvalue weighted by Gasteiger charge is 1.96. The van der Waals surface area contributed by atoms with Gasteiger partial charge in [0.05, 0.1) is 0 Å². The molecule has 0 fully saturated rings. The standard InChI is InChI=1S/C10H14ClNO/c1-8(11)6-12-7-9-2-4-10(13)5-3-9/h2-5,8,12-13H,6-7H2,1H3. The Morgan fingerprint density at radius 2 is 2.00 bits per heavy atom. The number of phenolic OH excluding ortho intramolecular Hbond substituents is 1. The minimum absolute atomic E-state index is 0.150. The normalized spacial score (nSPS) is 12.8. The van der Waals surface area contributed by atoms with Gasteiger partial charge in [-0.3, -0.25) is 0 Å². The van der Waals surface area contributed by atoms with Crippen molar-refractivity contribution in [1.29, 1.82) is 0 Å². The Balaban J connectivity index is 2.33. The van der Waals surface area contributed by atoms with Gasteiger partial charge >= 0.3 is 0 Å². The minimum Gasteiger partial charge on any atom is -0.508 e. The van der Waals surface area contributed by atoms with Gasteiger partial charge in [-0.15, -0.1) is 11.6 Å². The van der Waals surface area contributed by atoms with Gasteiger partial charge in [-0.05, 0) is 24.6 Å². The predicted octanol–water partition coefficient (Wildman–Crippen LogP) is 2.11. The first-order valence-corrected chi connectivity index (χ1v) is 4.75. The van der Waals surface area contributed by atoms with Crippen LogP contribution in [0, 0.1) is 0 Å². The van der Waals surface area contributed by atoms with Crippen molar-refractivity contribution in [2.75, 3.05) is 6.54 Å². The number of rotatable bonds is 4. The first-order valence-electron chi connectivity index (χ1n) is 4.31. The summed E-state index contributed by atoms with van der Waals surface area (Å²) in [6.07, 6.45) is 0. The van der Waals surface area contributed by atoms with Gasteiger partial charge in [0.1, 0.15) is 5.75 Å². The first kappa shape index (κ1) is 10.4. The smallest absolute Gasteiger partial charge is 0.115 e. The number of halogens is 1. The summed E-state index contributed by atoms with van der Waals surface area (Å²) in [6, 6.07) is 7.14. The van der Waals surface area contributed by atoms with E-state index in [0.717, 1.165) is 18.7 Å². The molecule has 0 aliphatic carbocycles. The monoisotopic (exact) mass is 199 g/mol. The van der Waals surface area contributed by atoms with Gasteiger partial charge in [0.15, 0.2) is 0 Å². The molecule has 1 rings (SSSR count). The number of alkyl halides is 1. The fourth-order valence-corrected chi connectivity index (χ4v) is 1.14. The Labute approximate surface area is 83.5 Å². The maximum atomic E-state index is 9.03. The van der Waals surface area contributed by atoms with E-state index in [2.05, 4.69) is 5.32 Å². The van der Waals surface area contributed by atoms with E-state index in [4.69, 9.17) is 16.7 Å². The Morgan fingerprint density at radius 3 is 2.54 bits per heavy atom. The van der Waals surface area contributed by atoms with E-state index in [9.17, 15) is 0 Å². The van der Waals surface area contributed by atoms with Crippen molar-refractivity contribution in [2.24, 2.45) is 0 Å². The van der Waals surface area contributed by atoms with Crippen LogP contribution in [0.3, 0.4) is 0 Å². The lowest BCUT2D eigenvalue weighted by molar-refractivity contribution is 0.475. The van der Waals surface area contributed by atoms with E-state index in [1.165, 1.54) is 0 Å². The van der Waals surface area contributed by atoms with Gasteiger partial charge in [-0.1, -0.05) is 12.1 Å². The number of aromatic hydroxyl groups is 1. The predicted molar refractivity (Wildman–Crippen MR) is 55.1 cm³/mol. The zero-order valence-electron chi connectivity index (χ0n) is 7.63. The molecule has 0 amide bonds. The molecule has 1 atom stereocenters. The Morgan fingerprint density at radius 1 is 1.38 bits per heavy atom. The molecule has 1 aromatic rings. The van der Waals surface area contributed by atoms with Gasteiger partial charge in [-0.2, -0.15) is 0 Å². The van der Waals surface area contributed by atoms with Crippen LogP contribution in [0.25, 0.3) is 0 Å². The van der Waals surface area contributed by atoms with Gasteiger partial charge in [0.2, 0.25) is 0 Å². The van der Waals surface area contributed by atoms with Crippen LogP contribution >= 0.6 is 11.6 Å². The van der Waals surface area contributed by atoms with Gasteiger partial charge in [0, 0.05) is 18.5 Å². The summed E-state index contributed by atoms with van der Waals surface area (Å²) in [6.45, 7) is 3.53. The van der Waals surface area contributed by atoms with E-state index >= 15 is 0 Å². The molecular formula is C10H14ClNO. The first-order chi connectivity index (χ1) is 6.18. The molecule has 0 spiro atoms. The lowest BCUT2D eigenvalue weighted by atomic mass is 10.2. The Hall–Kier alpha value is -0.730. The number of benzene rings is 1. The van der Waals surface area contributed by atoms with Crippen molar-refractivity contribution in [2.45, 2.75) is 18.8 Å². The second-order valence-electron chi connectivity index (χ2n) is 3.08. The summed E-state index contributed by atoms with van der Waals surface area (Å²) in [5.74, 6) is 0.300. The average molecular weight is 200 g/mol. The van der Waals surface area contributed by atoms with Crippen LogP contribution in [0.15, 0.2) is 24.3 Å². The lowest BCUT2D eigenvalue weighted by Gasteiger charge is -2.05. The van der Waals surface area contributed by atoms with Crippen LogP contribution in [-0.4, -0.2) is 17.0 Å². The van der Waals surface area contributed by atoms with Gasteiger partial charge in [0.25, 0.3) is 0 Å². The van der Waals surface area contributed by atoms with Crippen LogP contribution < -0.4 is 5.32 Å². The molecule has 3 heteroatoms. The Bertz CT molecular complexity index is 246. The Kier molecular flexibility index (Phi) is 4.06. The maximum Gasteiger partial charge on any atom is 0.115 e. The quantitative estimate of drug-likeness (QED) is 0.729. The molecule has 0 heterocycles. The summed E-state index contributed by atoms with van der Waals surface area (Å²) < 4.78 is 0. The third-order valence-electron chi connectivity index (χ3n) is 1.69. The third-order valence-corrected chi connectivity index (χ3v) is 1.85. The van der Waals surface area contributed by atoms with Crippen LogP contribution in [0.2, 0.25) is 0 Å². The van der Waals surface area contributed by atoms with E-state index in [0.29, 0.717) is 5.75 Å². The second-order valence-corrected chi connectivity index (χ2v) is 3.82. The van der Waals surface area contributed by atoms with Crippen molar-refractivity contribution < 1.29 is 5.11 Å². The lowest BCUT2D eigenvalue weighted by Crippen LogP contribution is -2.20. The molecule has 2 N–H and O–H groups in total. The molecule has 1 unspecified atom stereocenters. The fourth-order valence-electron chi connectivity index (χ4n) is 1.03. The van der Waals surface area contributed by atoms with Crippen molar-refractivity contribution in [1.82, 2.24) is 5.32 Å². The zero-order chi connectivity index (χ0) is 9.68. The summed E-state index contributed by atoms with van der Waals surface area (Å²) in [4.78, 5) is 0. The van der Waals surface area contributed by atoms with Crippen molar-refractivity contribution >= 4 is 11.6 Å². The topological polar surface area (TPSA) is 32.3 Å². The van der Waals surface area contributed by atoms with Crippen LogP contribution in [-0.2, 0) is 6.54 Å². The highest BCUT2D eigenvalue weighted by Crippen LogP contribution is 2.09. The molecule has 1 aromatic carbocycles. The third kappa shape index (κ3) is 4.15. The molecule has 0 aromatic heterocycles. The molecule has 72 valence electrons. The van der Waals surface area contributed by atoms with Gasteiger partial charge in [-0.25, -0.2) is 0 Å². The number of nitrogens with one attached hydrogen (secondary N) is 1. The van der Waals surface area contributed by atoms with Crippen molar-refractivity contribution in [3.63, 3.8) is 0 Å². The van der Waals surface area contributed by atoms with Crippen molar-refractivity contribution in [3.8, 4) is 5.75 Å². The average Bonchev–Trinajstić information content (AvgIpc) is 2.08. The largest absolute Gasteiger partial charge is 0.508 e. The van der Waals surface area contributed by atoms with E-state index in [-0.39, 0.29) is 5.38 Å². The van der Waals surface area contributed by atoms with Gasteiger partial charge < -0.3 is 10.4 Å². The number of hydrogen-bond acceptors (Lipinski definition) is 2. The van der Waals surface area contributed by atoms with E-state index in [1.54, 1.807) is 12.1 Å². The van der Waals surface area contributed by atoms with Crippen LogP contribution in [0.5, 0.6) is 5.75 Å². The molecule has 0 saturated heterocycles. The van der Waals surface area contributed by atoms with Crippen LogP contribution in [0.1, 0.15) is 12.5 Å². The summed E-state index contributed by atoms with van der Waals surface area (Å²) in [5.41, 5.74) is 1.15. The molecule has 13 heavy (non-hydrogen) atoms. The molecule has 0 aliphatic rings. The molecule has 0 bridgehead atoms. The minimum atomic E-state index is 0.150. The number of phenols is 1. The highest BCUT2D eigenvalue weighted by molar-refractivity contribution is 6.20. The summed E-state index contributed by atoms with van der Waals surface area (Å²) >= 11 is 5.77. The molecule has 0 aliphatic heterocycles.